The van der Waals surface area contributed by atoms with Crippen molar-refractivity contribution < 1.29 is 4.79 Å². The van der Waals surface area contributed by atoms with Crippen LogP contribution in [0, 0.1) is 0 Å². The van der Waals surface area contributed by atoms with Crippen LogP contribution < -0.4 is 0 Å². The third-order valence-corrected chi connectivity index (χ3v) is 4.27. The van der Waals surface area contributed by atoms with Gasteiger partial charge >= 0.3 is 0 Å². The third kappa shape index (κ3) is 1.41. The van der Waals surface area contributed by atoms with E-state index >= 15 is 0 Å². The highest BCUT2D eigenvalue weighted by Crippen LogP contribution is 2.40. The number of ketones is 1. The number of rotatable bonds is 1. The van der Waals surface area contributed by atoms with E-state index in [2.05, 4.69) is 12.1 Å². The number of hydrogen-bond donors (Lipinski definition) is 0. The van der Waals surface area contributed by atoms with Crippen LogP contribution in [-0.2, 0) is 5.88 Å². The Bertz CT molecular complexity index is 864. The first-order valence-corrected chi connectivity index (χ1v) is 7.09. The lowest BCUT2D eigenvalue weighted by Gasteiger charge is -2.20. The van der Waals surface area contributed by atoms with Gasteiger partial charge in [0.15, 0.2) is 5.78 Å². The lowest BCUT2D eigenvalue weighted by molar-refractivity contribution is 0.104. The minimum Gasteiger partial charge on any atom is -0.289 e. The SMILES string of the molecule is O=C1c2ccccc2-c2ccc(CCl)c3cccc1c23. The van der Waals surface area contributed by atoms with Crippen LogP contribution in [0.4, 0.5) is 0 Å². The molecule has 4 rings (SSSR count). The summed E-state index contributed by atoms with van der Waals surface area (Å²) in [7, 11) is 0. The van der Waals surface area contributed by atoms with Gasteiger partial charge in [0.2, 0.25) is 0 Å². The Hall–Kier alpha value is -2.12. The molecule has 0 bridgehead atoms. The molecule has 0 heterocycles. The fourth-order valence-electron chi connectivity index (χ4n) is 3.06. The van der Waals surface area contributed by atoms with Gasteiger partial charge in [-0.15, -0.1) is 11.6 Å². The van der Waals surface area contributed by atoms with E-state index in [1.54, 1.807) is 0 Å². The number of carbonyl (C=O) groups is 1. The van der Waals surface area contributed by atoms with Crippen LogP contribution in [0.5, 0.6) is 0 Å². The number of fused-ring (bicyclic) bond motifs is 2. The van der Waals surface area contributed by atoms with Crippen molar-refractivity contribution in [1.82, 2.24) is 0 Å². The minimum absolute atomic E-state index is 0.102. The molecule has 0 saturated heterocycles. The molecule has 96 valence electrons. The van der Waals surface area contributed by atoms with Crippen molar-refractivity contribution in [2.24, 2.45) is 0 Å². The van der Waals surface area contributed by atoms with Crippen molar-refractivity contribution in [3.8, 4) is 11.1 Å². The second kappa shape index (κ2) is 4.19. The zero-order valence-corrected chi connectivity index (χ0v) is 11.4. The van der Waals surface area contributed by atoms with Crippen molar-refractivity contribution >= 4 is 28.2 Å². The lowest BCUT2D eigenvalue weighted by atomic mass is 9.82. The van der Waals surface area contributed by atoms with E-state index in [0.29, 0.717) is 5.88 Å². The Morgan fingerprint density at radius 1 is 0.750 bits per heavy atom. The number of benzene rings is 3. The van der Waals surface area contributed by atoms with Gasteiger partial charge in [0.25, 0.3) is 0 Å². The van der Waals surface area contributed by atoms with E-state index in [1.807, 2.05) is 42.5 Å². The molecule has 0 saturated carbocycles. The fourth-order valence-corrected chi connectivity index (χ4v) is 3.29. The molecule has 1 nitrogen and oxygen atoms in total. The molecule has 0 atom stereocenters. The summed E-state index contributed by atoms with van der Waals surface area (Å²) in [5.41, 5.74) is 4.77. The van der Waals surface area contributed by atoms with Crippen molar-refractivity contribution in [3.63, 3.8) is 0 Å². The van der Waals surface area contributed by atoms with Crippen LogP contribution in [0.1, 0.15) is 21.5 Å². The van der Waals surface area contributed by atoms with Crippen LogP contribution in [0.3, 0.4) is 0 Å². The molecule has 0 amide bonds. The normalized spacial score (nSPS) is 12.6. The molecule has 1 aliphatic rings. The molecule has 0 aliphatic heterocycles. The topological polar surface area (TPSA) is 17.1 Å². The summed E-state index contributed by atoms with van der Waals surface area (Å²) >= 11 is 6.02. The van der Waals surface area contributed by atoms with Crippen LogP contribution in [0.2, 0.25) is 0 Å². The van der Waals surface area contributed by atoms with E-state index in [-0.39, 0.29) is 5.78 Å². The Morgan fingerprint density at radius 2 is 1.50 bits per heavy atom. The Kier molecular flexibility index (Phi) is 2.45. The predicted octanol–water partition coefficient (Wildman–Crippen LogP) is 4.79. The van der Waals surface area contributed by atoms with Gasteiger partial charge < -0.3 is 0 Å². The van der Waals surface area contributed by atoms with Crippen molar-refractivity contribution in [2.45, 2.75) is 5.88 Å². The maximum absolute atomic E-state index is 12.7. The average Bonchev–Trinajstić information content (AvgIpc) is 2.52. The van der Waals surface area contributed by atoms with Gasteiger partial charge in [-0.3, -0.25) is 4.79 Å². The van der Waals surface area contributed by atoms with Crippen LogP contribution in [-0.4, -0.2) is 5.78 Å². The summed E-state index contributed by atoms with van der Waals surface area (Å²) in [6, 6.07) is 17.8. The monoisotopic (exact) mass is 278 g/mol. The number of halogens is 1. The van der Waals surface area contributed by atoms with Crippen LogP contribution in [0.15, 0.2) is 54.6 Å². The first-order valence-electron chi connectivity index (χ1n) is 6.56. The molecule has 3 aromatic rings. The molecule has 1 aliphatic carbocycles. The molecule has 0 N–H and O–H groups in total. The van der Waals surface area contributed by atoms with Crippen molar-refractivity contribution in [1.29, 1.82) is 0 Å². The lowest BCUT2D eigenvalue weighted by Crippen LogP contribution is -2.10. The zero-order chi connectivity index (χ0) is 13.7. The van der Waals surface area contributed by atoms with E-state index in [1.165, 1.54) is 0 Å². The fraction of sp³-hybridized carbons (Fsp3) is 0.0556. The molecular weight excluding hydrogens is 268 g/mol. The summed E-state index contributed by atoms with van der Waals surface area (Å²) in [5, 5.41) is 2.12. The third-order valence-electron chi connectivity index (χ3n) is 3.98. The second-order valence-electron chi connectivity index (χ2n) is 5.01. The number of alkyl halides is 1. The van der Waals surface area contributed by atoms with E-state index in [0.717, 1.165) is 38.6 Å². The highest BCUT2D eigenvalue weighted by Gasteiger charge is 2.24. The summed E-state index contributed by atoms with van der Waals surface area (Å²) < 4.78 is 0. The van der Waals surface area contributed by atoms with Gasteiger partial charge in [-0.25, -0.2) is 0 Å². The maximum atomic E-state index is 12.7. The zero-order valence-electron chi connectivity index (χ0n) is 10.7. The molecule has 0 fully saturated rings. The molecule has 0 radical (unpaired) electrons. The quantitative estimate of drug-likeness (QED) is 0.458. The largest absolute Gasteiger partial charge is 0.289 e. The van der Waals surface area contributed by atoms with Gasteiger partial charge in [0.05, 0.1) is 0 Å². The Labute approximate surface area is 121 Å². The smallest absolute Gasteiger partial charge is 0.194 e. The molecule has 0 spiro atoms. The van der Waals surface area contributed by atoms with Crippen LogP contribution in [0.25, 0.3) is 21.9 Å². The van der Waals surface area contributed by atoms with Gasteiger partial charge in [-0.2, -0.15) is 0 Å². The molecule has 20 heavy (non-hydrogen) atoms. The Balaban J connectivity index is 2.23. The standard InChI is InChI=1S/C18H11ClO/c19-10-11-8-9-14-13-4-1-2-5-15(13)18(20)16-7-3-6-12(11)17(14)16/h1-9H,10H2. The summed E-state index contributed by atoms with van der Waals surface area (Å²) in [5.74, 6) is 0.557. The van der Waals surface area contributed by atoms with Gasteiger partial charge in [0.1, 0.15) is 0 Å². The molecule has 2 heteroatoms. The molecule has 0 unspecified atom stereocenters. The van der Waals surface area contributed by atoms with E-state index in [4.69, 9.17) is 11.6 Å². The second-order valence-corrected chi connectivity index (χ2v) is 5.28. The van der Waals surface area contributed by atoms with Gasteiger partial charge in [-0.1, -0.05) is 54.6 Å². The summed E-state index contributed by atoms with van der Waals surface area (Å²) in [6.07, 6.45) is 0. The first-order chi connectivity index (χ1) is 9.81. The molecule has 0 aromatic heterocycles. The summed E-state index contributed by atoms with van der Waals surface area (Å²) in [6.45, 7) is 0. The van der Waals surface area contributed by atoms with Crippen LogP contribution >= 0.6 is 11.6 Å². The first kappa shape index (κ1) is 11.7. The molecular formula is C18H11ClO. The highest BCUT2D eigenvalue weighted by molar-refractivity contribution is 6.26. The van der Waals surface area contributed by atoms with E-state index < -0.39 is 0 Å². The highest BCUT2D eigenvalue weighted by atomic mass is 35.5. The van der Waals surface area contributed by atoms with Gasteiger partial charge in [-0.05, 0) is 22.1 Å². The summed E-state index contributed by atoms with van der Waals surface area (Å²) in [4.78, 5) is 12.7. The van der Waals surface area contributed by atoms with Gasteiger partial charge in [0, 0.05) is 22.4 Å². The molecule has 3 aromatic carbocycles. The average molecular weight is 279 g/mol. The maximum Gasteiger partial charge on any atom is 0.194 e. The van der Waals surface area contributed by atoms with Crippen molar-refractivity contribution in [3.05, 3.63) is 71.3 Å². The number of hydrogen-bond acceptors (Lipinski definition) is 1. The minimum atomic E-state index is 0.102. The Morgan fingerprint density at radius 3 is 2.30 bits per heavy atom. The number of carbonyl (C=O) groups excluding carboxylic acids is 1. The predicted molar refractivity (Wildman–Crippen MR) is 82.4 cm³/mol. The van der Waals surface area contributed by atoms with E-state index in [9.17, 15) is 4.79 Å². The van der Waals surface area contributed by atoms with Crippen molar-refractivity contribution in [2.75, 3.05) is 0 Å².